The van der Waals surface area contributed by atoms with E-state index in [0.29, 0.717) is 13.1 Å². The maximum Gasteiger partial charge on any atom is 0.227 e. The summed E-state index contributed by atoms with van der Waals surface area (Å²) in [5, 5.41) is 8.38. The molecule has 0 spiro atoms. The molecule has 14 heavy (non-hydrogen) atoms. The van der Waals surface area contributed by atoms with Gasteiger partial charge in [-0.15, -0.1) is 0 Å². The molecular formula is C9H14N2O2S. The Balaban J connectivity index is 2.81. The quantitative estimate of drug-likeness (QED) is 0.641. The third kappa shape index (κ3) is 2.34. The van der Waals surface area contributed by atoms with E-state index in [9.17, 15) is 8.42 Å². The molecule has 0 aromatic heterocycles. The lowest BCUT2D eigenvalue weighted by Crippen LogP contribution is -2.37. The number of sulfonamides is 1. The van der Waals surface area contributed by atoms with E-state index in [1.807, 2.05) is 13.8 Å². The van der Waals surface area contributed by atoms with Crippen LogP contribution in [0.2, 0.25) is 0 Å². The van der Waals surface area contributed by atoms with Crippen molar-refractivity contribution >= 4 is 10.0 Å². The second-order valence-corrected chi connectivity index (χ2v) is 5.53. The van der Waals surface area contributed by atoms with E-state index in [2.05, 4.69) is 0 Å². The van der Waals surface area contributed by atoms with Gasteiger partial charge in [-0.1, -0.05) is 11.1 Å². The van der Waals surface area contributed by atoms with Gasteiger partial charge in [0, 0.05) is 13.1 Å². The summed E-state index contributed by atoms with van der Waals surface area (Å²) < 4.78 is 24.4. The van der Waals surface area contributed by atoms with Gasteiger partial charge in [-0.2, -0.15) is 9.57 Å². The average Bonchev–Trinajstić information content (AvgIpc) is 2.09. The fraction of sp³-hybridized carbons (Fsp3) is 0.667. The topological polar surface area (TPSA) is 61.2 Å². The molecular weight excluding hydrogens is 200 g/mol. The Morgan fingerprint density at radius 1 is 1.43 bits per heavy atom. The van der Waals surface area contributed by atoms with Gasteiger partial charge < -0.3 is 0 Å². The molecule has 5 heteroatoms. The largest absolute Gasteiger partial charge is 0.227 e. The number of nitrogens with zero attached hydrogens (tertiary/aromatic N) is 2. The number of nitriles is 1. The Bertz CT molecular complexity index is 390. The van der Waals surface area contributed by atoms with Gasteiger partial charge in [0.05, 0.1) is 6.07 Å². The van der Waals surface area contributed by atoms with E-state index in [1.165, 1.54) is 9.88 Å². The summed E-state index contributed by atoms with van der Waals surface area (Å²) in [5.41, 5.74) is 2.35. The Hall–Kier alpha value is -0.860. The second-order valence-electron chi connectivity index (χ2n) is 3.56. The van der Waals surface area contributed by atoms with Gasteiger partial charge in [0.2, 0.25) is 10.0 Å². The van der Waals surface area contributed by atoms with E-state index in [-0.39, 0.29) is 0 Å². The summed E-state index contributed by atoms with van der Waals surface area (Å²) in [6.45, 7) is 4.90. The van der Waals surface area contributed by atoms with Crippen LogP contribution in [0.3, 0.4) is 0 Å². The minimum absolute atomic E-state index is 0.417. The fourth-order valence-corrected chi connectivity index (χ4v) is 2.50. The van der Waals surface area contributed by atoms with E-state index in [0.717, 1.165) is 12.0 Å². The normalized spacial score (nSPS) is 19.5. The molecule has 0 bridgehead atoms. The van der Waals surface area contributed by atoms with Crippen LogP contribution in [-0.4, -0.2) is 31.6 Å². The summed E-state index contributed by atoms with van der Waals surface area (Å²) in [5.74, 6) is -0.417. The summed E-state index contributed by atoms with van der Waals surface area (Å²) in [6, 6.07) is 1.69. The minimum Gasteiger partial charge on any atom is -0.211 e. The second kappa shape index (κ2) is 4.11. The van der Waals surface area contributed by atoms with Crippen molar-refractivity contribution in [2.45, 2.75) is 20.3 Å². The maximum absolute atomic E-state index is 11.5. The molecule has 0 atom stereocenters. The third-order valence-electron chi connectivity index (χ3n) is 2.52. The molecule has 78 valence electrons. The molecule has 0 amide bonds. The van der Waals surface area contributed by atoms with Crippen LogP contribution in [0.1, 0.15) is 20.3 Å². The van der Waals surface area contributed by atoms with Crippen molar-refractivity contribution in [3.8, 4) is 6.07 Å². The van der Waals surface area contributed by atoms with E-state index < -0.39 is 15.8 Å². The zero-order chi connectivity index (χ0) is 10.8. The summed E-state index contributed by atoms with van der Waals surface area (Å²) in [6.07, 6.45) is 0.774. The lowest BCUT2D eigenvalue weighted by molar-refractivity contribution is 0.423. The predicted molar refractivity (Wildman–Crippen MR) is 54.0 cm³/mol. The molecule has 0 N–H and O–H groups in total. The summed E-state index contributed by atoms with van der Waals surface area (Å²) in [4.78, 5) is 0. The zero-order valence-corrected chi connectivity index (χ0v) is 9.26. The highest BCUT2D eigenvalue weighted by Crippen LogP contribution is 2.19. The molecule has 0 aromatic carbocycles. The first-order chi connectivity index (χ1) is 6.47. The molecule has 0 aromatic rings. The standard InChI is InChI=1S/C9H14N2O2S/c1-8-3-5-11(7-9(8)2)14(12,13)6-4-10/h3,5-7H2,1-2H3. The van der Waals surface area contributed by atoms with Gasteiger partial charge in [-0.25, -0.2) is 8.42 Å². The van der Waals surface area contributed by atoms with Gasteiger partial charge in [-0.05, 0) is 20.3 Å². The first kappa shape index (κ1) is 11.2. The smallest absolute Gasteiger partial charge is 0.211 e. The molecule has 0 unspecified atom stereocenters. The SMILES string of the molecule is CC1=C(C)CN(S(=O)(=O)CC#N)CC1. The maximum atomic E-state index is 11.5. The molecule has 4 nitrogen and oxygen atoms in total. The molecule has 0 saturated heterocycles. The van der Waals surface area contributed by atoms with E-state index in [4.69, 9.17) is 5.26 Å². The monoisotopic (exact) mass is 214 g/mol. The summed E-state index contributed by atoms with van der Waals surface area (Å²) in [7, 11) is -3.35. The van der Waals surface area contributed by atoms with Crippen LogP contribution in [0.4, 0.5) is 0 Å². The zero-order valence-electron chi connectivity index (χ0n) is 8.45. The van der Waals surface area contributed by atoms with Crippen molar-refractivity contribution in [1.29, 1.82) is 5.26 Å². The molecule has 1 rings (SSSR count). The molecule has 0 aliphatic carbocycles. The van der Waals surface area contributed by atoms with Crippen LogP contribution < -0.4 is 0 Å². The van der Waals surface area contributed by atoms with Crippen LogP contribution in [0.15, 0.2) is 11.1 Å². The van der Waals surface area contributed by atoms with Gasteiger partial charge in [0.25, 0.3) is 0 Å². The molecule has 0 fully saturated rings. The van der Waals surface area contributed by atoms with Gasteiger partial charge in [-0.3, -0.25) is 0 Å². The van der Waals surface area contributed by atoms with Crippen LogP contribution in [-0.2, 0) is 10.0 Å². The Labute approximate surface area is 84.9 Å². The van der Waals surface area contributed by atoms with Crippen molar-refractivity contribution in [2.24, 2.45) is 0 Å². The lowest BCUT2D eigenvalue weighted by Gasteiger charge is -2.26. The third-order valence-corrected chi connectivity index (χ3v) is 4.11. The van der Waals surface area contributed by atoms with Crippen LogP contribution in [0, 0.1) is 11.3 Å². The summed E-state index contributed by atoms with van der Waals surface area (Å²) >= 11 is 0. The van der Waals surface area contributed by atoms with E-state index in [1.54, 1.807) is 6.07 Å². The molecule has 1 aliphatic rings. The molecule has 1 heterocycles. The highest BCUT2D eigenvalue weighted by molar-refractivity contribution is 7.89. The minimum atomic E-state index is -3.35. The van der Waals surface area contributed by atoms with Gasteiger partial charge in [0.1, 0.15) is 0 Å². The number of hydrogen-bond donors (Lipinski definition) is 0. The highest BCUT2D eigenvalue weighted by Gasteiger charge is 2.24. The average molecular weight is 214 g/mol. The first-order valence-corrected chi connectivity index (χ1v) is 6.08. The van der Waals surface area contributed by atoms with Gasteiger partial charge >= 0.3 is 0 Å². The van der Waals surface area contributed by atoms with Crippen molar-refractivity contribution in [1.82, 2.24) is 4.31 Å². The Morgan fingerprint density at radius 2 is 2.07 bits per heavy atom. The van der Waals surface area contributed by atoms with Crippen molar-refractivity contribution in [2.75, 3.05) is 18.8 Å². The van der Waals surface area contributed by atoms with Crippen molar-refractivity contribution in [3.05, 3.63) is 11.1 Å². The number of rotatable bonds is 2. The lowest BCUT2D eigenvalue weighted by atomic mass is 10.1. The van der Waals surface area contributed by atoms with Gasteiger partial charge in [0.15, 0.2) is 5.75 Å². The van der Waals surface area contributed by atoms with E-state index >= 15 is 0 Å². The highest BCUT2D eigenvalue weighted by atomic mass is 32.2. The number of hydrogen-bond acceptors (Lipinski definition) is 3. The van der Waals surface area contributed by atoms with Crippen LogP contribution in [0.5, 0.6) is 0 Å². The Morgan fingerprint density at radius 3 is 2.57 bits per heavy atom. The van der Waals surface area contributed by atoms with Crippen molar-refractivity contribution in [3.63, 3.8) is 0 Å². The predicted octanol–water partition coefficient (Wildman–Crippen LogP) is 0.882. The van der Waals surface area contributed by atoms with Crippen molar-refractivity contribution < 1.29 is 8.42 Å². The molecule has 1 aliphatic heterocycles. The molecule has 0 saturated carbocycles. The van der Waals surface area contributed by atoms with Crippen LogP contribution in [0.25, 0.3) is 0 Å². The fourth-order valence-electron chi connectivity index (χ4n) is 1.39. The Kier molecular flexibility index (Phi) is 3.29. The molecule has 0 radical (unpaired) electrons. The first-order valence-electron chi connectivity index (χ1n) is 4.47. The van der Waals surface area contributed by atoms with Crippen LogP contribution >= 0.6 is 0 Å².